The number of nitrogens with two attached hydrogens (primary N) is 2. The number of carbonyl (C=O) groups excluding carboxylic acids is 3. The zero-order valence-electron chi connectivity index (χ0n) is 48.7. The van der Waals surface area contributed by atoms with Crippen LogP contribution in [0.3, 0.4) is 0 Å². The fourth-order valence-corrected chi connectivity index (χ4v) is 13.6. The summed E-state index contributed by atoms with van der Waals surface area (Å²) in [5.74, 6) is 5.70. The Kier molecular flexibility index (Phi) is 28.0. The van der Waals surface area contributed by atoms with Crippen molar-refractivity contribution in [2.75, 3.05) is 96.6 Å². The summed E-state index contributed by atoms with van der Waals surface area (Å²) in [5, 5.41) is 20.5. The molecule has 3 amide bonds. The molecule has 2 aromatic carbocycles. The van der Waals surface area contributed by atoms with Gasteiger partial charge in [-0.25, -0.2) is 28.1 Å². The number of aryl methyl sites for hydroxylation is 1. The Morgan fingerprint density at radius 1 is 0.889 bits per heavy atom. The highest BCUT2D eigenvalue weighted by atomic mass is 33.1. The normalized spacial score (nSPS) is 16.3. The second-order valence-corrected chi connectivity index (χ2v) is 27.2. The average molecular weight is 1360 g/mol. The number of carbonyl (C=O) groups is 3. The molecule has 12 N–H and O–H groups in total. The van der Waals surface area contributed by atoms with Crippen molar-refractivity contribution in [3.05, 3.63) is 104 Å². The molecule has 3 aliphatic rings. The van der Waals surface area contributed by atoms with Gasteiger partial charge >= 0.3 is 41.3 Å². The van der Waals surface area contributed by atoms with Gasteiger partial charge in [0, 0.05) is 81.9 Å². The van der Waals surface area contributed by atoms with Gasteiger partial charge < -0.3 is 90.0 Å². The molecule has 0 bridgehead atoms. The van der Waals surface area contributed by atoms with E-state index in [-0.39, 0.29) is 87.7 Å². The zero-order chi connectivity index (χ0) is 65.5. The molecule has 490 valence electrons. The number of nitrogens with one attached hydrogen (secondary N) is 4. The number of nitrogens with zero attached hydrogens (tertiary/aromatic N) is 5. The lowest BCUT2D eigenvalue weighted by Gasteiger charge is -2.22. The van der Waals surface area contributed by atoms with Crippen LogP contribution in [0, 0.1) is 24.2 Å². The van der Waals surface area contributed by atoms with Crippen molar-refractivity contribution in [1.29, 1.82) is 5.41 Å². The highest BCUT2D eigenvalue weighted by molar-refractivity contribution is 8.77. The van der Waals surface area contributed by atoms with E-state index in [2.05, 4.69) is 55.9 Å². The van der Waals surface area contributed by atoms with Crippen molar-refractivity contribution in [3.8, 4) is 34.3 Å². The summed E-state index contributed by atoms with van der Waals surface area (Å²) in [4.78, 5) is 93.7. The maximum absolute atomic E-state index is 13.2. The minimum absolute atomic E-state index is 0.0171. The van der Waals surface area contributed by atoms with Crippen molar-refractivity contribution in [2.24, 2.45) is 5.11 Å². The maximum atomic E-state index is 13.2. The van der Waals surface area contributed by atoms with Gasteiger partial charge in [0.1, 0.15) is 42.2 Å². The quantitative estimate of drug-likeness (QED) is 0.00196. The number of phosphoric acid groups is 3. The van der Waals surface area contributed by atoms with Gasteiger partial charge in [-0.05, 0) is 93.1 Å². The molecule has 33 nitrogen and oxygen atoms in total. The second kappa shape index (κ2) is 34.7. The first-order chi connectivity index (χ1) is 42.7. The van der Waals surface area contributed by atoms with Crippen molar-refractivity contribution in [3.63, 3.8) is 0 Å². The third-order valence-electron chi connectivity index (χ3n) is 12.4. The SMILES string of the molecule is Cc1ccc(C(=O)NCCOCCOCCNC(=O)OCCC(C)(C)SSCOCCCCOC(=O)NCC#Cc2cn([C@H]3C[C@@H](OCN=[N+]=[N-])[C@@H](COP(=O)(O)OP(=O)(O)OP(=O)(O)O)O3)c(=O)nc2N)cc1-c1c2ccc(=N)cc-2oc2cc(N)ccc12. The number of hydrogen-bond donors (Lipinski definition) is 10. The van der Waals surface area contributed by atoms with Crippen molar-refractivity contribution >= 4 is 85.6 Å². The molecule has 1 aromatic heterocycles. The summed E-state index contributed by atoms with van der Waals surface area (Å²) in [6, 6.07) is 16.2. The van der Waals surface area contributed by atoms with Crippen molar-refractivity contribution < 1.29 is 98.4 Å². The van der Waals surface area contributed by atoms with Crippen LogP contribution in [0.4, 0.5) is 21.1 Å². The highest BCUT2D eigenvalue weighted by Gasteiger charge is 2.44. The number of benzene rings is 3. The van der Waals surface area contributed by atoms with E-state index in [9.17, 15) is 42.7 Å². The molecule has 2 unspecified atom stereocenters. The molecule has 5 atom stereocenters. The number of anilines is 2. The Bertz CT molecular complexity index is 3660. The number of alkyl carbamates (subject to hydrolysis) is 2. The fraction of sp³-hybridized carbons (Fsp3) is 0.462. The van der Waals surface area contributed by atoms with E-state index in [0.717, 1.165) is 32.2 Å². The Balaban J connectivity index is 0.766. The van der Waals surface area contributed by atoms with Gasteiger partial charge in [-0.2, -0.15) is 13.6 Å². The first-order valence-corrected chi connectivity index (χ1v) is 34.0. The molecule has 0 saturated carbocycles. The molecule has 2 aliphatic heterocycles. The van der Waals surface area contributed by atoms with E-state index in [0.29, 0.717) is 59.8 Å². The van der Waals surface area contributed by atoms with E-state index in [1.165, 1.54) is 17.0 Å². The monoisotopic (exact) mass is 1360 g/mol. The molecular weight excluding hydrogens is 1290 g/mol. The molecule has 6 rings (SSSR count). The molecule has 3 heterocycles. The van der Waals surface area contributed by atoms with Gasteiger partial charge in [0.15, 0.2) is 0 Å². The predicted molar refractivity (Wildman–Crippen MR) is 327 cm³/mol. The smallest absolute Gasteiger partial charge is 0.456 e. The average Bonchev–Trinajstić information content (AvgIpc) is 1.58. The number of nitrogen functional groups attached to an aromatic ring is 2. The van der Waals surface area contributed by atoms with Gasteiger partial charge in [-0.15, -0.1) is 0 Å². The zero-order valence-corrected chi connectivity index (χ0v) is 53.0. The van der Waals surface area contributed by atoms with Gasteiger partial charge in [0.25, 0.3) is 5.91 Å². The van der Waals surface area contributed by atoms with E-state index < -0.39 is 73.1 Å². The van der Waals surface area contributed by atoms with Crippen molar-refractivity contribution in [2.45, 2.75) is 69.6 Å². The highest BCUT2D eigenvalue weighted by Crippen LogP contribution is 2.66. The fourth-order valence-electron chi connectivity index (χ4n) is 8.26. The number of rotatable bonds is 35. The summed E-state index contributed by atoms with van der Waals surface area (Å²) in [6.07, 6.45) is -2.39. The van der Waals surface area contributed by atoms with Crippen LogP contribution in [0.15, 0.2) is 75.1 Å². The van der Waals surface area contributed by atoms with E-state index in [1.54, 1.807) is 41.1 Å². The number of unbranched alkanes of at least 4 members (excludes halogenated alkanes) is 1. The van der Waals surface area contributed by atoms with Gasteiger partial charge in [0.2, 0.25) is 0 Å². The van der Waals surface area contributed by atoms with Gasteiger partial charge in [-0.3, -0.25) is 13.9 Å². The topological polar surface area (TPSA) is 484 Å². The molecule has 90 heavy (non-hydrogen) atoms. The van der Waals surface area contributed by atoms with Gasteiger partial charge in [-0.1, -0.05) is 44.6 Å². The minimum atomic E-state index is -5.83. The van der Waals surface area contributed by atoms with Crippen molar-refractivity contribution in [1.82, 2.24) is 25.5 Å². The first kappa shape index (κ1) is 72.5. The van der Waals surface area contributed by atoms with Crippen LogP contribution in [0.5, 0.6) is 0 Å². The maximum Gasteiger partial charge on any atom is 0.490 e. The third kappa shape index (κ3) is 24.2. The number of phosphoric ester groups is 1. The van der Waals surface area contributed by atoms with Crippen LogP contribution >= 0.6 is 45.1 Å². The minimum Gasteiger partial charge on any atom is -0.456 e. The molecule has 3 aromatic rings. The lowest BCUT2D eigenvalue weighted by atomic mass is 9.90. The molecule has 1 fully saturated rings. The number of hydrogen-bond acceptors (Lipinski definition) is 25. The predicted octanol–water partition coefficient (Wildman–Crippen LogP) is 6.57. The number of fused-ring (bicyclic) bond motifs is 2. The molecule has 1 saturated heterocycles. The number of amides is 3. The molecule has 0 radical (unpaired) electrons. The largest absolute Gasteiger partial charge is 0.490 e. The first-order valence-electron chi connectivity index (χ1n) is 27.2. The summed E-state index contributed by atoms with van der Waals surface area (Å²) < 4.78 is 92.4. The number of aromatic nitrogens is 2. The lowest BCUT2D eigenvalue weighted by Crippen LogP contribution is -2.30. The summed E-state index contributed by atoms with van der Waals surface area (Å²) >= 11 is 0. The van der Waals surface area contributed by atoms with Crippen LogP contribution in [-0.2, 0) is 60.0 Å². The van der Waals surface area contributed by atoms with Crippen LogP contribution in [-0.4, -0.2) is 149 Å². The van der Waals surface area contributed by atoms with Crippen LogP contribution < -0.4 is 38.5 Å². The lowest BCUT2D eigenvalue weighted by molar-refractivity contribution is -0.0601. The molecule has 38 heteroatoms. The van der Waals surface area contributed by atoms with E-state index in [4.69, 9.17) is 69.8 Å². The molecule has 1 aliphatic carbocycles. The molecule has 0 spiro atoms. The standard InChI is InChI=1S/C52H68N11O22P3S2/c1-33-8-9-34(25-40(33)46-38-12-10-36(53)26-41(38)82-42-27-37(54)11-13-39(42)46)48(64)57-16-21-75-23-24-76-22-17-59-51(67)79-20-14-52(2,3)90-89-32-77-18-4-5-19-78-50(66)58-15-6-7-35-29-63(49(65)61-47(35)55)45-28-43(80-31-60-62-56)44(83-45)30-81-87(71,72)85-88(73,74)84-86(68,69)70/h8-13,25-27,29,43-45,53H,4-5,14-24,28,30-32,54H2,1-3H3,(H,57,64)(H,58,66)(H,59,67)(H,71,72)(H,73,74)(H2,55,61,65)(H2,68,69,70)/t43-,44-,45-/m1/s1. The summed E-state index contributed by atoms with van der Waals surface area (Å²) in [5.41, 5.74) is 24.8. The van der Waals surface area contributed by atoms with Crippen LogP contribution in [0.25, 0.3) is 43.9 Å². The summed E-state index contributed by atoms with van der Waals surface area (Å²) in [7, 11) is -14.0. The second-order valence-electron chi connectivity index (χ2n) is 19.8. The van der Waals surface area contributed by atoms with E-state index in [1.807, 2.05) is 45.0 Å². The van der Waals surface area contributed by atoms with Gasteiger partial charge in [0.05, 0.1) is 69.8 Å². The van der Waals surface area contributed by atoms with Crippen LogP contribution in [0.2, 0.25) is 0 Å². The Morgan fingerprint density at radius 3 is 2.36 bits per heavy atom. The Morgan fingerprint density at radius 2 is 1.61 bits per heavy atom. The Hall–Kier alpha value is -6.60. The van der Waals surface area contributed by atoms with E-state index >= 15 is 0 Å². The van der Waals surface area contributed by atoms with Crippen LogP contribution in [0.1, 0.15) is 67.2 Å². The number of azide groups is 1. The number of ether oxygens (including phenoxy) is 7. The third-order valence-corrected chi connectivity index (χ3v) is 19.3. The summed E-state index contributed by atoms with van der Waals surface area (Å²) in [6.45, 7) is 6.56. The Labute approximate surface area is 522 Å². The molecular formula is C52H68N11O22P3S2.